The molecule has 1 aromatic carbocycles. The zero-order valence-corrected chi connectivity index (χ0v) is 18.5. The number of amides is 1. The van der Waals surface area contributed by atoms with Crippen LogP contribution in [0.15, 0.2) is 34.2 Å². The number of fused-ring (bicyclic) bond motifs is 1. The van der Waals surface area contributed by atoms with Crippen LogP contribution in [0.25, 0.3) is 10.9 Å². The van der Waals surface area contributed by atoms with Crippen LogP contribution >= 0.6 is 11.8 Å². The predicted molar refractivity (Wildman–Crippen MR) is 117 cm³/mol. The Labute approximate surface area is 176 Å². The van der Waals surface area contributed by atoms with Gasteiger partial charge in [-0.25, -0.2) is 4.98 Å². The van der Waals surface area contributed by atoms with Crippen molar-refractivity contribution >= 4 is 28.6 Å². The minimum absolute atomic E-state index is 0.00153. The Balaban J connectivity index is 1.80. The first kappa shape index (κ1) is 21.8. The van der Waals surface area contributed by atoms with Gasteiger partial charge < -0.3 is 10.1 Å². The molecule has 0 aliphatic heterocycles. The smallest absolute Gasteiger partial charge is 0.262 e. The molecule has 29 heavy (non-hydrogen) atoms. The van der Waals surface area contributed by atoms with Gasteiger partial charge in [-0.2, -0.15) is 0 Å². The Hall–Kier alpha value is -1.86. The molecule has 1 fully saturated rings. The number of nitrogens with one attached hydrogen (secondary N) is 1. The summed E-state index contributed by atoms with van der Waals surface area (Å²) in [6.07, 6.45) is 3.41. The first-order valence-electron chi connectivity index (χ1n) is 10.4. The van der Waals surface area contributed by atoms with E-state index in [0.29, 0.717) is 41.0 Å². The Morgan fingerprint density at radius 3 is 2.86 bits per heavy atom. The Kier molecular flexibility index (Phi) is 7.35. The number of carbonyl (C=O) groups is 1. The number of para-hydroxylation sites is 1. The number of carbonyl (C=O) groups excluding carboxylic acids is 1. The zero-order valence-electron chi connectivity index (χ0n) is 17.7. The van der Waals surface area contributed by atoms with Crippen LogP contribution < -0.4 is 10.9 Å². The van der Waals surface area contributed by atoms with Crippen molar-refractivity contribution in [1.82, 2.24) is 14.9 Å². The van der Waals surface area contributed by atoms with Crippen LogP contribution in [0.1, 0.15) is 40.0 Å². The monoisotopic (exact) mass is 417 g/mol. The molecule has 4 atom stereocenters. The lowest BCUT2D eigenvalue weighted by atomic mass is 9.78. The summed E-state index contributed by atoms with van der Waals surface area (Å²) >= 11 is 1.33. The summed E-state index contributed by atoms with van der Waals surface area (Å²) in [4.78, 5) is 30.5. The van der Waals surface area contributed by atoms with E-state index in [-0.39, 0.29) is 22.8 Å². The summed E-state index contributed by atoms with van der Waals surface area (Å²) < 4.78 is 6.78. The molecule has 6 nitrogen and oxygen atoms in total. The number of benzene rings is 1. The quantitative estimate of drug-likeness (QED) is 0.552. The van der Waals surface area contributed by atoms with E-state index in [1.54, 1.807) is 17.7 Å². The number of methoxy groups -OCH3 is 1. The Morgan fingerprint density at radius 2 is 2.10 bits per heavy atom. The third kappa shape index (κ3) is 5.01. The second-order valence-corrected chi connectivity index (χ2v) is 9.31. The van der Waals surface area contributed by atoms with Crippen LogP contribution in [-0.2, 0) is 16.1 Å². The molecule has 7 heteroatoms. The van der Waals surface area contributed by atoms with E-state index in [0.717, 1.165) is 12.8 Å². The summed E-state index contributed by atoms with van der Waals surface area (Å²) in [6.45, 7) is 7.17. The van der Waals surface area contributed by atoms with Crippen molar-refractivity contribution in [1.29, 1.82) is 0 Å². The van der Waals surface area contributed by atoms with E-state index in [1.807, 2.05) is 25.1 Å². The molecule has 1 saturated carbocycles. The Morgan fingerprint density at radius 1 is 1.34 bits per heavy atom. The van der Waals surface area contributed by atoms with Gasteiger partial charge in [0, 0.05) is 13.2 Å². The van der Waals surface area contributed by atoms with Gasteiger partial charge in [0.1, 0.15) is 0 Å². The fourth-order valence-electron chi connectivity index (χ4n) is 3.91. The lowest BCUT2D eigenvalue weighted by molar-refractivity contribution is -0.121. The highest BCUT2D eigenvalue weighted by atomic mass is 32.2. The average molecular weight is 418 g/mol. The van der Waals surface area contributed by atoms with Crippen LogP contribution in [0.5, 0.6) is 0 Å². The number of rotatable bonds is 7. The molecule has 158 valence electrons. The summed E-state index contributed by atoms with van der Waals surface area (Å²) in [7, 11) is 1.61. The maximum atomic E-state index is 13.0. The largest absolute Gasteiger partial charge is 0.383 e. The minimum atomic E-state index is -0.346. The second kappa shape index (κ2) is 9.76. The van der Waals surface area contributed by atoms with Crippen molar-refractivity contribution in [3.05, 3.63) is 34.6 Å². The zero-order chi connectivity index (χ0) is 21.0. The van der Waals surface area contributed by atoms with E-state index >= 15 is 0 Å². The molecule has 0 bridgehead atoms. The number of aromatic nitrogens is 2. The fourth-order valence-corrected chi connectivity index (χ4v) is 4.86. The summed E-state index contributed by atoms with van der Waals surface area (Å²) in [5.41, 5.74) is 0.550. The lowest BCUT2D eigenvalue weighted by Crippen LogP contribution is -2.46. The van der Waals surface area contributed by atoms with E-state index in [1.165, 1.54) is 18.2 Å². The molecule has 3 rings (SSSR count). The standard InChI is InChI=1S/C22H31N3O3S/c1-14-8-7-11-18(15(14)2)23-20(26)16(3)29-22-24-19-10-6-5-9-17(19)21(27)25(22)12-13-28-4/h5-6,9-10,14-16,18H,7-8,11-13H2,1-4H3,(H,23,26)/t14-,15-,16-,18+/m1/s1. The van der Waals surface area contributed by atoms with Crippen LogP contribution in [0.4, 0.5) is 0 Å². The van der Waals surface area contributed by atoms with E-state index in [9.17, 15) is 9.59 Å². The molecular formula is C22H31N3O3S. The first-order chi connectivity index (χ1) is 13.9. The topological polar surface area (TPSA) is 73.2 Å². The highest BCUT2D eigenvalue weighted by Crippen LogP contribution is 2.30. The second-order valence-electron chi connectivity index (χ2n) is 8.00. The van der Waals surface area contributed by atoms with Gasteiger partial charge in [-0.05, 0) is 37.3 Å². The van der Waals surface area contributed by atoms with Gasteiger partial charge in [-0.15, -0.1) is 0 Å². The van der Waals surface area contributed by atoms with Crippen molar-refractivity contribution in [3.8, 4) is 0 Å². The number of hydrogen-bond donors (Lipinski definition) is 1. The molecule has 1 aromatic heterocycles. The SMILES string of the molecule is COCCn1c(S[C@H](C)C(=O)N[C@H]2CCC[C@@H](C)[C@H]2C)nc2ccccc2c1=O. The van der Waals surface area contributed by atoms with Crippen molar-refractivity contribution < 1.29 is 9.53 Å². The van der Waals surface area contributed by atoms with Crippen LogP contribution in [0.3, 0.4) is 0 Å². The van der Waals surface area contributed by atoms with E-state index in [4.69, 9.17) is 4.74 Å². The Bertz CT molecular complexity index is 914. The number of nitrogens with zero attached hydrogens (tertiary/aromatic N) is 2. The molecule has 0 saturated heterocycles. The third-order valence-electron chi connectivity index (χ3n) is 6.03. The molecule has 2 aromatic rings. The van der Waals surface area contributed by atoms with Gasteiger partial charge in [0.25, 0.3) is 5.56 Å². The normalized spacial score (nSPS) is 23.1. The van der Waals surface area contributed by atoms with E-state index < -0.39 is 0 Å². The lowest BCUT2D eigenvalue weighted by Gasteiger charge is -2.35. The molecular weight excluding hydrogens is 386 g/mol. The predicted octanol–water partition coefficient (Wildman–Crippen LogP) is 3.46. The van der Waals surface area contributed by atoms with Crippen molar-refractivity contribution in [2.45, 2.75) is 63.0 Å². The van der Waals surface area contributed by atoms with Gasteiger partial charge >= 0.3 is 0 Å². The molecule has 1 aliphatic carbocycles. The molecule has 0 radical (unpaired) electrons. The highest BCUT2D eigenvalue weighted by Gasteiger charge is 2.30. The molecule has 1 heterocycles. The van der Waals surface area contributed by atoms with Crippen LogP contribution in [-0.4, -0.2) is 40.5 Å². The van der Waals surface area contributed by atoms with Crippen LogP contribution in [0, 0.1) is 11.8 Å². The molecule has 1 aliphatic rings. The number of ether oxygens (including phenoxy) is 1. The highest BCUT2D eigenvalue weighted by molar-refractivity contribution is 8.00. The summed E-state index contributed by atoms with van der Waals surface area (Å²) in [6, 6.07) is 7.53. The maximum Gasteiger partial charge on any atom is 0.262 e. The molecule has 0 unspecified atom stereocenters. The van der Waals surface area contributed by atoms with Crippen molar-refractivity contribution in [2.75, 3.05) is 13.7 Å². The molecule has 1 N–H and O–H groups in total. The van der Waals surface area contributed by atoms with Gasteiger partial charge in [-0.3, -0.25) is 14.2 Å². The van der Waals surface area contributed by atoms with Crippen molar-refractivity contribution in [3.63, 3.8) is 0 Å². The molecule has 0 spiro atoms. The van der Waals surface area contributed by atoms with Gasteiger partial charge in [0.2, 0.25) is 5.91 Å². The number of hydrogen-bond acceptors (Lipinski definition) is 5. The van der Waals surface area contributed by atoms with Gasteiger partial charge in [0.05, 0.1) is 29.3 Å². The fraction of sp³-hybridized carbons (Fsp3) is 0.591. The third-order valence-corrected chi connectivity index (χ3v) is 7.12. The van der Waals surface area contributed by atoms with Crippen LogP contribution in [0.2, 0.25) is 0 Å². The minimum Gasteiger partial charge on any atom is -0.383 e. The summed E-state index contributed by atoms with van der Waals surface area (Å²) in [5, 5.41) is 4.02. The van der Waals surface area contributed by atoms with Crippen molar-refractivity contribution in [2.24, 2.45) is 11.8 Å². The maximum absolute atomic E-state index is 13.0. The molecule has 1 amide bonds. The average Bonchev–Trinajstić information content (AvgIpc) is 2.71. The first-order valence-corrected chi connectivity index (χ1v) is 11.3. The number of thioether (sulfide) groups is 1. The van der Waals surface area contributed by atoms with E-state index in [2.05, 4.69) is 24.1 Å². The van der Waals surface area contributed by atoms with Gasteiger partial charge in [-0.1, -0.05) is 50.6 Å². The summed E-state index contributed by atoms with van der Waals surface area (Å²) in [5.74, 6) is 1.10. The van der Waals surface area contributed by atoms with Gasteiger partial charge in [0.15, 0.2) is 5.16 Å².